The number of carbonyl (C=O) groups is 2. The first-order valence-corrected chi connectivity index (χ1v) is 10.3. The third-order valence-corrected chi connectivity index (χ3v) is 6.09. The van der Waals surface area contributed by atoms with Crippen molar-refractivity contribution < 1.29 is 9.59 Å². The van der Waals surface area contributed by atoms with Crippen LogP contribution in [0.1, 0.15) is 23.8 Å². The Morgan fingerprint density at radius 2 is 1.96 bits per heavy atom. The molecule has 1 saturated heterocycles. The van der Waals surface area contributed by atoms with Crippen molar-refractivity contribution in [3.63, 3.8) is 0 Å². The molecule has 144 valence electrons. The van der Waals surface area contributed by atoms with Crippen LogP contribution in [0.5, 0.6) is 0 Å². The molecule has 1 aromatic heterocycles. The van der Waals surface area contributed by atoms with Crippen LogP contribution in [0, 0.1) is 0 Å². The smallest absolute Gasteiger partial charge is 0.238 e. The van der Waals surface area contributed by atoms with Gasteiger partial charge < -0.3 is 10.2 Å². The zero-order valence-electron chi connectivity index (χ0n) is 15.0. The van der Waals surface area contributed by atoms with Crippen molar-refractivity contribution >= 4 is 52.0 Å². The predicted octanol–water partition coefficient (Wildman–Crippen LogP) is 4.29. The number of nitrogens with one attached hydrogen (secondary N) is 1. The summed E-state index contributed by atoms with van der Waals surface area (Å²) in [7, 11) is 1.75. The summed E-state index contributed by atoms with van der Waals surface area (Å²) >= 11 is 13.8. The van der Waals surface area contributed by atoms with Crippen LogP contribution in [0.15, 0.2) is 35.7 Å². The highest BCUT2D eigenvalue weighted by molar-refractivity contribution is 7.10. The fourth-order valence-electron chi connectivity index (χ4n) is 3.26. The summed E-state index contributed by atoms with van der Waals surface area (Å²) in [5.41, 5.74) is 0.392. The monoisotopic (exact) mass is 425 g/mol. The SMILES string of the molecule is CN(CC(=O)Nc1c(Cl)cccc1Cl)CC(=O)N1CCC[C@H]1c1cccs1. The molecule has 0 spiro atoms. The van der Waals surface area contributed by atoms with Crippen LogP contribution in [0.3, 0.4) is 0 Å². The maximum absolute atomic E-state index is 12.7. The van der Waals surface area contributed by atoms with Crippen molar-refractivity contribution in [2.75, 3.05) is 32.0 Å². The molecule has 27 heavy (non-hydrogen) atoms. The molecule has 1 aliphatic heterocycles. The number of amides is 2. The quantitative estimate of drug-likeness (QED) is 0.750. The molecule has 0 aliphatic carbocycles. The lowest BCUT2D eigenvalue weighted by Crippen LogP contribution is -2.41. The summed E-state index contributed by atoms with van der Waals surface area (Å²) in [5.74, 6) is -0.228. The lowest BCUT2D eigenvalue weighted by Gasteiger charge is -2.26. The highest BCUT2D eigenvalue weighted by atomic mass is 35.5. The normalized spacial score (nSPS) is 16.7. The van der Waals surface area contributed by atoms with Crippen LogP contribution in [0.2, 0.25) is 10.0 Å². The fourth-order valence-corrected chi connectivity index (χ4v) is 4.63. The highest BCUT2D eigenvalue weighted by Crippen LogP contribution is 2.34. The minimum absolute atomic E-state index is 0.0389. The molecule has 2 heterocycles. The van der Waals surface area contributed by atoms with Gasteiger partial charge in [-0.05, 0) is 43.5 Å². The number of anilines is 1. The van der Waals surface area contributed by atoms with Crippen LogP contribution in [0.25, 0.3) is 0 Å². The molecule has 1 aliphatic rings. The number of benzene rings is 1. The zero-order chi connectivity index (χ0) is 19.4. The first kappa shape index (κ1) is 20.1. The molecule has 8 heteroatoms. The molecule has 1 aromatic carbocycles. The van der Waals surface area contributed by atoms with E-state index in [-0.39, 0.29) is 30.9 Å². The van der Waals surface area contributed by atoms with Crippen LogP contribution < -0.4 is 5.32 Å². The molecular weight excluding hydrogens is 405 g/mol. The Bertz CT molecular complexity index is 793. The van der Waals surface area contributed by atoms with E-state index in [9.17, 15) is 9.59 Å². The Morgan fingerprint density at radius 1 is 1.22 bits per heavy atom. The van der Waals surface area contributed by atoms with Gasteiger partial charge in [-0.1, -0.05) is 35.3 Å². The first-order valence-electron chi connectivity index (χ1n) is 8.71. The van der Waals surface area contributed by atoms with E-state index in [2.05, 4.69) is 11.4 Å². The zero-order valence-corrected chi connectivity index (χ0v) is 17.3. The lowest BCUT2D eigenvalue weighted by atomic mass is 10.2. The van der Waals surface area contributed by atoms with Crippen molar-refractivity contribution in [3.05, 3.63) is 50.6 Å². The second kappa shape index (κ2) is 9.06. The Labute approximate surface area is 172 Å². The second-order valence-corrected chi connectivity index (χ2v) is 8.37. The molecule has 2 aromatic rings. The summed E-state index contributed by atoms with van der Waals surface area (Å²) in [5, 5.41) is 5.51. The van der Waals surface area contributed by atoms with Gasteiger partial charge in [0.25, 0.3) is 0 Å². The average Bonchev–Trinajstić information content (AvgIpc) is 3.28. The lowest BCUT2D eigenvalue weighted by molar-refractivity contribution is -0.133. The molecule has 1 N–H and O–H groups in total. The molecular formula is C19H21Cl2N3O2S. The van der Waals surface area contributed by atoms with Gasteiger partial charge in [0.15, 0.2) is 0 Å². The fraction of sp³-hybridized carbons (Fsp3) is 0.368. The predicted molar refractivity (Wildman–Crippen MR) is 111 cm³/mol. The van der Waals surface area contributed by atoms with Gasteiger partial charge in [0, 0.05) is 11.4 Å². The third kappa shape index (κ3) is 5.02. The Hall–Kier alpha value is -1.60. The van der Waals surface area contributed by atoms with Gasteiger partial charge in [0.1, 0.15) is 0 Å². The van der Waals surface area contributed by atoms with Gasteiger partial charge >= 0.3 is 0 Å². The molecule has 0 saturated carbocycles. The number of hydrogen-bond donors (Lipinski definition) is 1. The maximum Gasteiger partial charge on any atom is 0.238 e. The van der Waals surface area contributed by atoms with Crippen LogP contribution in [-0.4, -0.2) is 48.3 Å². The van der Waals surface area contributed by atoms with E-state index in [1.54, 1.807) is 41.5 Å². The van der Waals surface area contributed by atoms with Crippen molar-refractivity contribution in [2.24, 2.45) is 0 Å². The standard InChI is InChI=1S/C19H21Cl2N3O2S/c1-23(11-17(25)22-19-13(20)5-2-6-14(19)21)12-18(26)24-9-3-7-15(24)16-8-4-10-27-16/h2,4-6,8,10,15H,3,7,9,11-12H2,1H3,(H,22,25)/t15-/m0/s1. The summed E-state index contributed by atoms with van der Waals surface area (Å²) in [6.07, 6.45) is 1.99. The number of rotatable bonds is 6. The van der Waals surface area contributed by atoms with Gasteiger partial charge in [-0.25, -0.2) is 0 Å². The number of likely N-dealkylation sites (tertiary alicyclic amines) is 1. The van der Waals surface area contributed by atoms with E-state index in [0.717, 1.165) is 19.4 Å². The summed E-state index contributed by atoms with van der Waals surface area (Å²) in [4.78, 5) is 29.9. The number of halogens is 2. The molecule has 3 rings (SSSR count). The Morgan fingerprint density at radius 3 is 2.63 bits per heavy atom. The highest BCUT2D eigenvalue weighted by Gasteiger charge is 2.31. The second-order valence-electron chi connectivity index (χ2n) is 6.58. The molecule has 1 atom stereocenters. The summed E-state index contributed by atoms with van der Waals surface area (Å²) < 4.78 is 0. The number of thiophene rings is 1. The number of nitrogens with zero attached hydrogens (tertiary/aromatic N) is 2. The van der Waals surface area contributed by atoms with Gasteiger partial charge in [-0.3, -0.25) is 14.5 Å². The minimum Gasteiger partial charge on any atom is -0.334 e. The van der Waals surface area contributed by atoms with E-state index in [4.69, 9.17) is 23.2 Å². The van der Waals surface area contributed by atoms with Gasteiger partial charge in [-0.15, -0.1) is 11.3 Å². The minimum atomic E-state index is -0.267. The molecule has 1 fully saturated rings. The van der Waals surface area contributed by atoms with E-state index in [1.165, 1.54) is 4.88 Å². The van der Waals surface area contributed by atoms with E-state index in [0.29, 0.717) is 15.7 Å². The van der Waals surface area contributed by atoms with Crippen LogP contribution in [-0.2, 0) is 9.59 Å². The Balaban J connectivity index is 1.55. The van der Waals surface area contributed by atoms with Crippen LogP contribution >= 0.6 is 34.5 Å². The topological polar surface area (TPSA) is 52.7 Å². The number of hydrogen-bond acceptors (Lipinski definition) is 4. The van der Waals surface area contributed by atoms with E-state index >= 15 is 0 Å². The average molecular weight is 426 g/mol. The van der Waals surface area contributed by atoms with Crippen molar-refractivity contribution in [2.45, 2.75) is 18.9 Å². The van der Waals surface area contributed by atoms with Crippen LogP contribution in [0.4, 0.5) is 5.69 Å². The van der Waals surface area contributed by atoms with Crippen molar-refractivity contribution in [1.29, 1.82) is 0 Å². The summed E-state index contributed by atoms with van der Waals surface area (Å²) in [6.45, 7) is 1.02. The van der Waals surface area contributed by atoms with Gasteiger partial charge in [-0.2, -0.15) is 0 Å². The molecule has 2 amide bonds. The molecule has 0 unspecified atom stereocenters. The largest absolute Gasteiger partial charge is 0.334 e. The number of carbonyl (C=O) groups excluding carboxylic acids is 2. The Kier molecular flexibility index (Phi) is 6.76. The van der Waals surface area contributed by atoms with E-state index < -0.39 is 0 Å². The third-order valence-electron chi connectivity index (χ3n) is 4.49. The van der Waals surface area contributed by atoms with Gasteiger partial charge in [0.05, 0.1) is 34.9 Å². The number of para-hydroxylation sites is 1. The molecule has 5 nitrogen and oxygen atoms in total. The van der Waals surface area contributed by atoms with Gasteiger partial charge in [0.2, 0.25) is 11.8 Å². The molecule has 0 bridgehead atoms. The van der Waals surface area contributed by atoms with E-state index in [1.807, 2.05) is 16.3 Å². The van der Waals surface area contributed by atoms with Crippen molar-refractivity contribution in [1.82, 2.24) is 9.80 Å². The number of likely N-dealkylation sites (N-methyl/N-ethyl adjacent to an activating group) is 1. The summed E-state index contributed by atoms with van der Waals surface area (Å²) in [6, 6.07) is 9.28. The maximum atomic E-state index is 12.7. The molecule has 0 radical (unpaired) electrons. The van der Waals surface area contributed by atoms with Crippen molar-refractivity contribution in [3.8, 4) is 0 Å². The first-order chi connectivity index (χ1) is 13.0.